The number of aryl methyl sites for hydroxylation is 1. The second-order valence-corrected chi connectivity index (χ2v) is 8.84. The smallest absolute Gasteiger partial charge is 0.220 e. The van der Waals surface area contributed by atoms with E-state index < -0.39 is 5.66 Å². The van der Waals surface area contributed by atoms with E-state index in [0.29, 0.717) is 5.96 Å². The summed E-state index contributed by atoms with van der Waals surface area (Å²) in [4.78, 5) is 16.0. The van der Waals surface area contributed by atoms with Gasteiger partial charge in [-0.05, 0) is 56.4 Å². The number of thiazole rings is 1. The fourth-order valence-electron chi connectivity index (χ4n) is 4.45. The Hall–Kier alpha value is -2.93. The first-order chi connectivity index (χ1) is 14.1. The molecule has 2 aliphatic rings. The maximum Gasteiger partial charge on any atom is 0.220 e. The van der Waals surface area contributed by atoms with E-state index in [1.165, 1.54) is 11.1 Å². The summed E-state index contributed by atoms with van der Waals surface area (Å²) in [7, 11) is 0. The molecule has 0 unspecified atom stereocenters. The molecule has 2 heterocycles. The van der Waals surface area contributed by atoms with Crippen molar-refractivity contribution >= 4 is 39.2 Å². The van der Waals surface area contributed by atoms with E-state index >= 15 is 0 Å². The Kier molecular flexibility index (Phi) is 4.28. The lowest BCUT2D eigenvalue weighted by Gasteiger charge is -2.46. The Balaban J connectivity index is 1.63. The fraction of sp³-hybridized carbons (Fsp3) is 0.318. The zero-order valence-corrected chi connectivity index (χ0v) is 17.2. The summed E-state index contributed by atoms with van der Waals surface area (Å²) in [6.45, 7) is 2.10. The lowest BCUT2D eigenvalue weighted by atomic mass is 9.87. The van der Waals surface area contributed by atoms with Gasteiger partial charge in [-0.1, -0.05) is 30.7 Å². The van der Waals surface area contributed by atoms with Crippen LogP contribution >= 0.6 is 11.3 Å². The van der Waals surface area contributed by atoms with Crippen molar-refractivity contribution in [2.24, 2.45) is 21.5 Å². The highest BCUT2D eigenvalue weighted by Crippen LogP contribution is 2.42. The number of nitrogens with zero attached hydrogens (tertiary/aromatic N) is 4. The van der Waals surface area contributed by atoms with E-state index in [2.05, 4.69) is 41.1 Å². The molecule has 0 atom stereocenters. The minimum atomic E-state index is -0.439. The Morgan fingerprint density at radius 2 is 1.83 bits per heavy atom. The number of para-hydroxylation sites is 1. The number of nitrogens with two attached hydrogens (primary N) is 2. The predicted octanol–water partition coefficient (Wildman–Crippen LogP) is 4.38. The van der Waals surface area contributed by atoms with Crippen LogP contribution in [0, 0.1) is 6.92 Å². The van der Waals surface area contributed by atoms with Crippen LogP contribution in [0.3, 0.4) is 0 Å². The monoisotopic (exact) mass is 404 g/mol. The van der Waals surface area contributed by atoms with Crippen LogP contribution in [0.15, 0.2) is 52.4 Å². The van der Waals surface area contributed by atoms with Gasteiger partial charge in [-0.3, -0.25) is 4.90 Å². The molecule has 5 rings (SSSR count). The first-order valence-electron chi connectivity index (χ1n) is 10.0. The van der Waals surface area contributed by atoms with Crippen molar-refractivity contribution in [3.8, 4) is 10.6 Å². The summed E-state index contributed by atoms with van der Waals surface area (Å²) in [5, 5.41) is 1.00. The van der Waals surface area contributed by atoms with Gasteiger partial charge in [0.25, 0.3) is 0 Å². The molecule has 4 N–H and O–H groups in total. The molecule has 148 valence electrons. The van der Waals surface area contributed by atoms with Gasteiger partial charge in [0.2, 0.25) is 11.9 Å². The zero-order valence-electron chi connectivity index (χ0n) is 16.4. The summed E-state index contributed by atoms with van der Waals surface area (Å²) in [5.74, 6) is 0.699. The van der Waals surface area contributed by atoms with E-state index in [1.807, 2.05) is 18.2 Å². The van der Waals surface area contributed by atoms with Crippen molar-refractivity contribution in [2.45, 2.75) is 44.7 Å². The maximum absolute atomic E-state index is 6.43. The molecule has 1 aliphatic heterocycles. The van der Waals surface area contributed by atoms with Gasteiger partial charge in [-0.15, -0.1) is 11.3 Å². The van der Waals surface area contributed by atoms with Crippen molar-refractivity contribution in [3.63, 3.8) is 0 Å². The summed E-state index contributed by atoms with van der Waals surface area (Å²) in [6, 6.07) is 14.6. The minimum Gasteiger partial charge on any atom is -0.369 e. The van der Waals surface area contributed by atoms with Crippen LogP contribution in [-0.2, 0) is 0 Å². The number of anilines is 1. The van der Waals surface area contributed by atoms with Crippen LogP contribution < -0.4 is 16.4 Å². The quantitative estimate of drug-likeness (QED) is 0.663. The number of rotatable bonds is 2. The number of hydrogen-bond donors (Lipinski definition) is 2. The Morgan fingerprint density at radius 1 is 1.03 bits per heavy atom. The SMILES string of the molecule is Cc1ccc(-c2nc3ccccc3s2)cc1N1C(N)=NC(N)=NC12CCCCC2. The third kappa shape index (κ3) is 3.06. The van der Waals surface area contributed by atoms with E-state index in [1.54, 1.807) is 11.3 Å². The van der Waals surface area contributed by atoms with Crippen molar-refractivity contribution in [1.29, 1.82) is 0 Å². The number of benzene rings is 2. The highest BCUT2D eigenvalue weighted by atomic mass is 32.1. The van der Waals surface area contributed by atoms with Gasteiger partial charge in [0.1, 0.15) is 10.7 Å². The topological polar surface area (TPSA) is 92.9 Å². The molecule has 6 nitrogen and oxygen atoms in total. The van der Waals surface area contributed by atoms with Crippen LogP contribution in [0.1, 0.15) is 37.7 Å². The molecule has 3 aromatic rings. The highest BCUT2D eigenvalue weighted by Gasteiger charge is 2.43. The van der Waals surface area contributed by atoms with Crippen LogP contribution in [0.4, 0.5) is 5.69 Å². The number of guanidine groups is 2. The third-order valence-electron chi connectivity index (χ3n) is 5.84. The normalized spacial score (nSPS) is 18.7. The van der Waals surface area contributed by atoms with Crippen LogP contribution in [-0.4, -0.2) is 22.6 Å². The van der Waals surface area contributed by atoms with E-state index in [0.717, 1.165) is 53.0 Å². The fourth-order valence-corrected chi connectivity index (χ4v) is 5.41. The van der Waals surface area contributed by atoms with Gasteiger partial charge < -0.3 is 11.5 Å². The average Bonchev–Trinajstić information content (AvgIpc) is 3.13. The number of hydrogen-bond acceptors (Lipinski definition) is 7. The molecule has 1 saturated carbocycles. The highest BCUT2D eigenvalue weighted by molar-refractivity contribution is 7.21. The van der Waals surface area contributed by atoms with Gasteiger partial charge in [-0.25, -0.2) is 9.98 Å². The molecule has 0 bridgehead atoms. The van der Waals surface area contributed by atoms with Crippen molar-refractivity contribution < 1.29 is 0 Å². The van der Waals surface area contributed by atoms with Gasteiger partial charge in [0.15, 0.2) is 0 Å². The second-order valence-electron chi connectivity index (χ2n) is 7.81. The van der Waals surface area contributed by atoms with Gasteiger partial charge in [-0.2, -0.15) is 4.99 Å². The summed E-state index contributed by atoms with van der Waals surface area (Å²) < 4.78 is 1.18. The van der Waals surface area contributed by atoms with Crippen LogP contribution in [0.5, 0.6) is 0 Å². The average molecular weight is 405 g/mol. The maximum atomic E-state index is 6.43. The van der Waals surface area contributed by atoms with Crippen molar-refractivity contribution in [1.82, 2.24) is 4.98 Å². The van der Waals surface area contributed by atoms with E-state index in [-0.39, 0.29) is 5.96 Å². The number of aromatic nitrogens is 1. The first kappa shape index (κ1) is 18.1. The number of fused-ring (bicyclic) bond motifs is 1. The molecule has 1 aliphatic carbocycles. The lowest BCUT2D eigenvalue weighted by molar-refractivity contribution is 0.305. The summed E-state index contributed by atoms with van der Waals surface area (Å²) in [6.07, 6.45) is 5.28. The van der Waals surface area contributed by atoms with E-state index in [4.69, 9.17) is 21.4 Å². The van der Waals surface area contributed by atoms with Crippen molar-refractivity contribution in [3.05, 3.63) is 48.0 Å². The molecule has 2 aromatic carbocycles. The summed E-state index contributed by atoms with van der Waals surface area (Å²) >= 11 is 1.70. The molecule has 1 aromatic heterocycles. The Bertz CT molecular complexity index is 1110. The van der Waals surface area contributed by atoms with Gasteiger partial charge in [0.05, 0.1) is 10.2 Å². The van der Waals surface area contributed by atoms with Crippen LogP contribution in [0.25, 0.3) is 20.8 Å². The number of aliphatic imine (C=N–C) groups is 2. The Labute approximate surface area is 174 Å². The van der Waals surface area contributed by atoms with E-state index in [9.17, 15) is 0 Å². The third-order valence-corrected chi connectivity index (χ3v) is 6.93. The molecule has 0 radical (unpaired) electrons. The molecule has 29 heavy (non-hydrogen) atoms. The zero-order chi connectivity index (χ0) is 20.0. The predicted molar refractivity (Wildman–Crippen MR) is 121 cm³/mol. The molecule has 1 spiro atoms. The largest absolute Gasteiger partial charge is 0.369 e. The molecular formula is C22H24N6S. The molecule has 1 fully saturated rings. The lowest BCUT2D eigenvalue weighted by Crippen LogP contribution is -2.58. The standard InChI is InChI=1S/C22H24N6S/c1-14-9-10-15(19-25-16-7-3-4-8-18(16)29-19)13-17(14)28-21(24)26-20(23)27-22(28)11-5-2-6-12-22/h3-4,7-10,13H,2,5-6,11-12H2,1H3,(H4,23,24,26,27). The molecular weight excluding hydrogens is 380 g/mol. The van der Waals surface area contributed by atoms with Gasteiger partial charge in [0, 0.05) is 11.3 Å². The summed E-state index contributed by atoms with van der Waals surface area (Å²) in [5.41, 5.74) is 16.3. The first-order valence-corrected chi connectivity index (χ1v) is 10.8. The second kappa shape index (κ2) is 6.84. The van der Waals surface area contributed by atoms with Crippen LogP contribution in [0.2, 0.25) is 0 Å². The van der Waals surface area contributed by atoms with Gasteiger partial charge >= 0.3 is 0 Å². The Morgan fingerprint density at radius 3 is 2.62 bits per heavy atom. The molecule has 0 amide bonds. The molecule has 7 heteroatoms. The minimum absolute atomic E-state index is 0.278. The van der Waals surface area contributed by atoms with Crippen molar-refractivity contribution in [2.75, 3.05) is 4.90 Å². The molecule has 0 saturated heterocycles.